The Balaban J connectivity index is 3.15. The highest BCUT2D eigenvalue weighted by molar-refractivity contribution is 7.07. The summed E-state index contributed by atoms with van der Waals surface area (Å²) in [5.41, 5.74) is 0.0435. The van der Waals surface area contributed by atoms with Crippen molar-refractivity contribution in [2.75, 3.05) is 0 Å². The van der Waals surface area contributed by atoms with E-state index in [4.69, 9.17) is 23.2 Å². The summed E-state index contributed by atoms with van der Waals surface area (Å²) >= 11 is 13.0. The summed E-state index contributed by atoms with van der Waals surface area (Å²) in [4.78, 5) is 1.05. The van der Waals surface area contributed by atoms with Gasteiger partial charge in [0.25, 0.3) is 0 Å². The standard InChI is InChI=1S/C7H9Cl2NS/c1-7(2,3)5-4(8)6(9)10-11-5/h1-3H3. The zero-order valence-corrected chi connectivity index (χ0v) is 8.94. The SMILES string of the molecule is CC(C)(C)c1snc(Cl)c1Cl. The third kappa shape index (κ3) is 1.86. The highest BCUT2D eigenvalue weighted by Crippen LogP contribution is 2.36. The average molecular weight is 210 g/mol. The van der Waals surface area contributed by atoms with Gasteiger partial charge in [0, 0.05) is 0 Å². The van der Waals surface area contributed by atoms with Gasteiger partial charge in [-0.1, -0.05) is 44.0 Å². The number of rotatable bonds is 0. The fourth-order valence-corrected chi connectivity index (χ4v) is 2.17. The molecule has 0 saturated carbocycles. The van der Waals surface area contributed by atoms with Gasteiger partial charge >= 0.3 is 0 Å². The van der Waals surface area contributed by atoms with Gasteiger partial charge in [0.05, 0.1) is 9.90 Å². The molecule has 0 saturated heterocycles. The average Bonchev–Trinajstić information content (AvgIpc) is 2.11. The van der Waals surface area contributed by atoms with Gasteiger partial charge in [0.2, 0.25) is 0 Å². The van der Waals surface area contributed by atoms with Gasteiger partial charge in [0.15, 0.2) is 5.15 Å². The predicted octanol–water partition coefficient (Wildman–Crippen LogP) is 3.75. The predicted molar refractivity (Wildman–Crippen MR) is 50.8 cm³/mol. The Hall–Kier alpha value is 0.210. The zero-order chi connectivity index (χ0) is 8.65. The van der Waals surface area contributed by atoms with Crippen LogP contribution in [-0.2, 0) is 5.41 Å². The van der Waals surface area contributed by atoms with E-state index in [1.807, 2.05) is 0 Å². The van der Waals surface area contributed by atoms with Crippen molar-refractivity contribution >= 4 is 34.7 Å². The minimum Gasteiger partial charge on any atom is -0.179 e. The van der Waals surface area contributed by atoms with Crippen LogP contribution in [0.2, 0.25) is 10.2 Å². The van der Waals surface area contributed by atoms with Crippen molar-refractivity contribution in [1.82, 2.24) is 4.37 Å². The minimum absolute atomic E-state index is 0.0435. The molecule has 1 aromatic heterocycles. The lowest BCUT2D eigenvalue weighted by Crippen LogP contribution is -2.08. The summed E-state index contributed by atoms with van der Waals surface area (Å²) in [6.07, 6.45) is 0. The van der Waals surface area contributed by atoms with Crippen LogP contribution < -0.4 is 0 Å². The van der Waals surface area contributed by atoms with Crippen molar-refractivity contribution in [3.05, 3.63) is 15.1 Å². The van der Waals surface area contributed by atoms with Gasteiger partial charge in [-0.25, -0.2) is 0 Å². The van der Waals surface area contributed by atoms with E-state index in [0.717, 1.165) is 4.88 Å². The van der Waals surface area contributed by atoms with Gasteiger partial charge in [-0.05, 0) is 16.9 Å². The summed E-state index contributed by atoms with van der Waals surface area (Å²) in [7, 11) is 0. The highest BCUT2D eigenvalue weighted by Gasteiger charge is 2.22. The summed E-state index contributed by atoms with van der Waals surface area (Å²) in [6, 6.07) is 0. The molecular formula is C7H9Cl2NS. The molecule has 1 aromatic rings. The van der Waals surface area contributed by atoms with Gasteiger partial charge in [0.1, 0.15) is 0 Å². The van der Waals surface area contributed by atoms with E-state index in [1.165, 1.54) is 11.5 Å². The van der Waals surface area contributed by atoms with E-state index in [9.17, 15) is 0 Å². The van der Waals surface area contributed by atoms with Crippen molar-refractivity contribution < 1.29 is 0 Å². The second-order valence-electron chi connectivity index (χ2n) is 3.37. The molecule has 11 heavy (non-hydrogen) atoms. The first-order valence-corrected chi connectivity index (χ1v) is 4.77. The number of hydrogen-bond donors (Lipinski definition) is 0. The Morgan fingerprint density at radius 2 is 1.82 bits per heavy atom. The molecular weight excluding hydrogens is 201 g/mol. The van der Waals surface area contributed by atoms with Crippen molar-refractivity contribution in [1.29, 1.82) is 0 Å². The Morgan fingerprint density at radius 3 is 2.00 bits per heavy atom. The van der Waals surface area contributed by atoms with Crippen LogP contribution in [0.1, 0.15) is 25.6 Å². The molecule has 0 radical (unpaired) electrons. The van der Waals surface area contributed by atoms with Crippen LogP contribution in [0.15, 0.2) is 0 Å². The second kappa shape index (κ2) is 2.92. The first-order chi connectivity index (χ1) is 4.93. The molecule has 0 amide bonds. The summed E-state index contributed by atoms with van der Waals surface area (Å²) in [5.74, 6) is 0. The Labute approximate surface area is 80.5 Å². The van der Waals surface area contributed by atoms with E-state index in [-0.39, 0.29) is 5.41 Å². The lowest BCUT2D eigenvalue weighted by atomic mass is 9.95. The third-order valence-electron chi connectivity index (χ3n) is 1.28. The molecule has 0 bridgehead atoms. The molecule has 0 unspecified atom stereocenters. The molecule has 1 rings (SSSR count). The maximum absolute atomic E-state index is 5.91. The smallest absolute Gasteiger partial charge is 0.161 e. The van der Waals surface area contributed by atoms with Crippen molar-refractivity contribution in [3.63, 3.8) is 0 Å². The molecule has 1 nitrogen and oxygen atoms in total. The zero-order valence-electron chi connectivity index (χ0n) is 6.61. The normalized spacial score (nSPS) is 12.1. The molecule has 0 spiro atoms. The maximum atomic E-state index is 5.91. The molecule has 62 valence electrons. The first-order valence-electron chi connectivity index (χ1n) is 3.24. The van der Waals surface area contributed by atoms with E-state index >= 15 is 0 Å². The molecule has 4 heteroatoms. The molecule has 0 aromatic carbocycles. The molecule has 0 N–H and O–H groups in total. The number of halogens is 2. The van der Waals surface area contributed by atoms with Gasteiger partial charge in [-0.2, -0.15) is 4.37 Å². The molecule has 0 atom stereocenters. The quantitative estimate of drug-likeness (QED) is 0.635. The third-order valence-corrected chi connectivity index (χ3v) is 3.50. The number of hydrogen-bond acceptors (Lipinski definition) is 2. The first kappa shape index (κ1) is 9.30. The van der Waals surface area contributed by atoms with Crippen molar-refractivity contribution in [3.8, 4) is 0 Å². The Morgan fingerprint density at radius 1 is 1.27 bits per heavy atom. The van der Waals surface area contributed by atoms with Crippen LogP contribution in [0, 0.1) is 0 Å². The van der Waals surface area contributed by atoms with Gasteiger partial charge < -0.3 is 0 Å². The van der Waals surface area contributed by atoms with Crippen LogP contribution in [0.4, 0.5) is 0 Å². The second-order valence-corrected chi connectivity index (χ2v) is 4.88. The van der Waals surface area contributed by atoms with Crippen molar-refractivity contribution in [2.45, 2.75) is 26.2 Å². The Bertz CT molecular complexity index is 262. The molecule has 0 aliphatic heterocycles. The van der Waals surface area contributed by atoms with Gasteiger partial charge in [-0.15, -0.1) is 0 Å². The monoisotopic (exact) mass is 209 g/mol. The van der Waals surface area contributed by atoms with Crippen LogP contribution >= 0.6 is 34.7 Å². The lowest BCUT2D eigenvalue weighted by molar-refractivity contribution is 0.604. The Kier molecular flexibility index (Phi) is 2.47. The molecule has 1 heterocycles. The molecule has 0 aliphatic carbocycles. The maximum Gasteiger partial charge on any atom is 0.161 e. The van der Waals surface area contributed by atoms with Crippen LogP contribution in [0.3, 0.4) is 0 Å². The van der Waals surface area contributed by atoms with Gasteiger partial charge in [-0.3, -0.25) is 0 Å². The highest BCUT2D eigenvalue weighted by atomic mass is 35.5. The van der Waals surface area contributed by atoms with Crippen LogP contribution in [0.25, 0.3) is 0 Å². The van der Waals surface area contributed by atoms with E-state index in [0.29, 0.717) is 10.2 Å². The summed E-state index contributed by atoms with van der Waals surface area (Å²) in [6.45, 7) is 6.26. The number of nitrogens with zero attached hydrogens (tertiary/aromatic N) is 1. The van der Waals surface area contributed by atoms with Crippen LogP contribution in [-0.4, -0.2) is 4.37 Å². The number of aromatic nitrogens is 1. The van der Waals surface area contributed by atoms with Crippen LogP contribution in [0.5, 0.6) is 0 Å². The summed E-state index contributed by atoms with van der Waals surface area (Å²) in [5, 5.41) is 1.02. The molecule has 0 aliphatic rings. The fraction of sp³-hybridized carbons (Fsp3) is 0.571. The topological polar surface area (TPSA) is 12.9 Å². The lowest BCUT2D eigenvalue weighted by Gasteiger charge is -2.15. The largest absolute Gasteiger partial charge is 0.179 e. The van der Waals surface area contributed by atoms with E-state index < -0.39 is 0 Å². The fourth-order valence-electron chi connectivity index (χ4n) is 0.726. The minimum atomic E-state index is 0.0435. The van der Waals surface area contributed by atoms with E-state index in [1.54, 1.807) is 0 Å². The van der Waals surface area contributed by atoms with Crippen molar-refractivity contribution in [2.24, 2.45) is 0 Å². The van der Waals surface area contributed by atoms with E-state index in [2.05, 4.69) is 25.1 Å². The molecule has 0 fully saturated rings. The summed E-state index contributed by atoms with van der Waals surface area (Å²) < 4.78 is 3.96.